The second-order valence-electron chi connectivity index (χ2n) is 3.07. The summed E-state index contributed by atoms with van der Waals surface area (Å²) in [4.78, 5) is 0. The molecule has 0 aliphatic rings. The van der Waals surface area contributed by atoms with E-state index in [9.17, 15) is 0 Å². The number of hydrogen-bond acceptors (Lipinski definition) is 0. The zero-order chi connectivity index (χ0) is 8.85. The summed E-state index contributed by atoms with van der Waals surface area (Å²) in [6, 6.07) is 0. The molecule has 0 saturated carbocycles. The van der Waals surface area contributed by atoms with Gasteiger partial charge >= 0.3 is 0 Å². The summed E-state index contributed by atoms with van der Waals surface area (Å²) in [5.41, 5.74) is 1.64. The Morgan fingerprint density at radius 1 is 1.18 bits per heavy atom. The Morgan fingerprint density at radius 3 is 2.00 bits per heavy atom. The van der Waals surface area contributed by atoms with E-state index in [1.807, 2.05) is 0 Å². The van der Waals surface area contributed by atoms with E-state index >= 15 is 0 Å². The molecule has 0 aromatic heterocycles. The molecule has 0 nitrogen and oxygen atoms in total. The van der Waals surface area contributed by atoms with Gasteiger partial charge in [0.15, 0.2) is 0 Å². The fraction of sp³-hybridized carbons (Fsp3) is 0.800. The molecule has 11 heavy (non-hydrogen) atoms. The average molecular weight is 172 g/mol. The van der Waals surface area contributed by atoms with Crippen LogP contribution in [0.1, 0.15) is 47.0 Å². The Hall–Kier alpha value is 0.170. The van der Waals surface area contributed by atoms with Crippen molar-refractivity contribution in [2.75, 3.05) is 0 Å². The van der Waals surface area contributed by atoms with Crippen LogP contribution >= 0.6 is 9.24 Å². The van der Waals surface area contributed by atoms with Gasteiger partial charge in [-0.25, -0.2) is 0 Å². The van der Waals surface area contributed by atoms with Crippen molar-refractivity contribution in [3.63, 3.8) is 0 Å². The van der Waals surface area contributed by atoms with E-state index in [0.29, 0.717) is 0 Å². The van der Waals surface area contributed by atoms with Crippen molar-refractivity contribution in [1.29, 1.82) is 0 Å². The van der Waals surface area contributed by atoms with Crippen LogP contribution in [-0.4, -0.2) is 0 Å². The quantitative estimate of drug-likeness (QED) is 0.562. The molecule has 0 amide bonds. The molecule has 0 aliphatic carbocycles. The first-order valence-electron chi connectivity index (χ1n) is 4.64. The fourth-order valence-electron chi connectivity index (χ4n) is 1.37. The van der Waals surface area contributed by atoms with Gasteiger partial charge in [0.1, 0.15) is 0 Å². The molecule has 0 spiro atoms. The first-order chi connectivity index (χ1) is 5.17. The van der Waals surface area contributed by atoms with Crippen molar-refractivity contribution < 1.29 is 0 Å². The van der Waals surface area contributed by atoms with Crippen LogP contribution in [0, 0.1) is 5.92 Å². The Morgan fingerprint density at radius 2 is 1.73 bits per heavy atom. The normalized spacial score (nSPS) is 16.1. The summed E-state index contributed by atoms with van der Waals surface area (Å²) in [6.45, 7) is 9.05. The maximum atomic E-state index is 2.87. The van der Waals surface area contributed by atoms with Gasteiger partial charge in [-0.1, -0.05) is 38.6 Å². The molecule has 0 aromatic carbocycles. The summed E-state index contributed by atoms with van der Waals surface area (Å²) in [5.74, 6) is 0.771. The van der Waals surface area contributed by atoms with Crippen molar-refractivity contribution >= 4 is 9.24 Å². The molecular weight excluding hydrogens is 151 g/mol. The van der Waals surface area contributed by atoms with Crippen LogP contribution in [0.5, 0.6) is 0 Å². The minimum absolute atomic E-state index is 0.771. The molecule has 66 valence electrons. The molecule has 1 heteroatoms. The Bertz CT molecular complexity index is 136. The minimum atomic E-state index is 0.771. The van der Waals surface area contributed by atoms with Crippen molar-refractivity contribution in [2.45, 2.75) is 47.0 Å². The maximum Gasteiger partial charge on any atom is -0.0228 e. The third-order valence-corrected chi connectivity index (χ3v) is 3.16. The van der Waals surface area contributed by atoms with Crippen LogP contribution in [0.25, 0.3) is 0 Å². The molecule has 0 radical (unpaired) electrons. The smallest absolute Gasteiger partial charge is 0.0228 e. The topological polar surface area (TPSA) is 0 Å². The van der Waals surface area contributed by atoms with Crippen LogP contribution < -0.4 is 0 Å². The van der Waals surface area contributed by atoms with Crippen molar-refractivity contribution in [3.8, 4) is 0 Å². The molecular formula is C10H21P. The first-order valence-corrected chi connectivity index (χ1v) is 5.22. The molecule has 2 atom stereocenters. The van der Waals surface area contributed by atoms with Gasteiger partial charge in [-0.05, 0) is 25.2 Å². The van der Waals surface area contributed by atoms with Crippen LogP contribution in [-0.2, 0) is 0 Å². The maximum absolute atomic E-state index is 2.87. The Balaban J connectivity index is 4.36. The highest BCUT2D eigenvalue weighted by molar-refractivity contribution is 7.22. The molecule has 0 fully saturated rings. The molecule has 0 rings (SSSR count). The van der Waals surface area contributed by atoms with Crippen LogP contribution in [0.4, 0.5) is 0 Å². The first kappa shape index (κ1) is 11.2. The third-order valence-electron chi connectivity index (χ3n) is 2.38. The summed E-state index contributed by atoms with van der Waals surface area (Å²) in [7, 11) is 2.87. The molecule has 0 aromatic rings. The van der Waals surface area contributed by atoms with Gasteiger partial charge in [0.2, 0.25) is 0 Å². The average Bonchev–Trinajstić information content (AvgIpc) is 2.05. The van der Waals surface area contributed by atoms with Gasteiger partial charge in [-0.2, -0.15) is 0 Å². The fourth-order valence-corrected chi connectivity index (χ4v) is 1.85. The zero-order valence-electron chi connectivity index (χ0n) is 8.28. The largest absolute Gasteiger partial charge is 0.110 e. The number of allylic oxidation sites excluding steroid dienone is 2. The van der Waals surface area contributed by atoms with Crippen LogP contribution in [0.15, 0.2) is 10.9 Å². The SMILES string of the molecule is CCC(P)=C(CC)C(C)CC. The van der Waals surface area contributed by atoms with Crippen molar-refractivity contribution in [1.82, 2.24) is 0 Å². The van der Waals surface area contributed by atoms with E-state index in [-0.39, 0.29) is 0 Å². The van der Waals surface area contributed by atoms with Gasteiger partial charge in [-0.15, -0.1) is 9.24 Å². The van der Waals surface area contributed by atoms with E-state index in [0.717, 1.165) is 5.92 Å². The van der Waals surface area contributed by atoms with Gasteiger partial charge < -0.3 is 0 Å². The van der Waals surface area contributed by atoms with E-state index in [1.54, 1.807) is 5.57 Å². The standard InChI is InChI=1S/C10H21P/c1-5-8(4)9(6-2)10(11)7-3/h8H,5-7,11H2,1-4H3. The highest BCUT2D eigenvalue weighted by Crippen LogP contribution is 2.26. The predicted octanol–water partition coefficient (Wildman–Crippen LogP) is 3.98. The van der Waals surface area contributed by atoms with E-state index < -0.39 is 0 Å². The molecule has 0 aliphatic heterocycles. The summed E-state index contributed by atoms with van der Waals surface area (Å²) < 4.78 is 0. The van der Waals surface area contributed by atoms with E-state index in [1.165, 1.54) is 24.6 Å². The minimum Gasteiger partial charge on any atom is -0.110 e. The second kappa shape index (κ2) is 5.77. The highest BCUT2D eigenvalue weighted by atomic mass is 31.0. The summed E-state index contributed by atoms with van der Waals surface area (Å²) in [5, 5.41) is 1.52. The van der Waals surface area contributed by atoms with Crippen molar-refractivity contribution in [2.24, 2.45) is 5.92 Å². The monoisotopic (exact) mass is 172 g/mol. The number of rotatable bonds is 4. The Kier molecular flexibility index (Phi) is 5.86. The zero-order valence-corrected chi connectivity index (χ0v) is 9.43. The molecule has 0 saturated heterocycles. The molecule has 2 unspecified atom stereocenters. The van der Waals surface area contributed by atoms with Crippen LogP contribution in [0.3, 0.4) is 0 Å². The van der Waals surface area contributed by atoms with Gasteiger partial charge in [0, 0.05) is 0 Å². The summed E-state index contributed by atoms with van der Waals surface area (Å²) >= 11 is 0. The van der Waals surface area contributed by atoms with E-state index in [2.05, 4.69) is 36.9 Å². The lowest BCUT2D eigenvalue weighted by Crippen LogP contribution is -1.98. The lowest BCUT2D eigenvalue weighted by Gasteiger charge is -2.15. The number of hydrogen-bond donors (Lipinski definition) is 0. The molecule has 0 bridgehead atoms. The lowest BCUT2D eigenvalue weighted by atomic mass is 9.95. The third kappa shape index (κ3) is 3.38. The predicted molar refractivity (Wildman–Crippen MR) is 56.8 cm³/mol. The highest BCUT2D eigenvalue weighted by Gasteiger charge is 2.06. The van der Waals surface area contributed by atoms with Gasteiger partial charge in [-0.3, -0.25) is 0 Å². The Labute approximate surface area is 73.7 Å². The van der Waals surface area contributed by atoms with Crippen molar-refractivity contribution in [3.05, 3.63) is 10.9 Å². The van der Waals surface area contributed by atoms with Crippen LogP contribution in [0.2, 0.25) is 0 Å². The molecule has 0 heterocycles. The second-order valence-corrected chi connectivity index (χ2v) is 3.76. The van der Waals surface area contributed by atoms with Gasteiger partial charge in [0.05, 0.1) is 0 Å². The lowest BCUT2D eigenvalue weighted by molar-refractivity contribution is 0.628. The molecule has 0 N–H and O–H groups in total. The summed E-state index contributed by atoms with van der Waals surface area (Å²) in [6.07, 6.45) is 3.65. The van der Waals surface area contributed by atoms with Gasteiger partial charge in [0.25, 0.3) is 0 Å². The van der Waals surface area contributed by atoms with E-state index in [4.69, 9.17) is 0 Å².